The number of hydrogen-bond acceptors (Lipinski definition) is 6. The van der Waals surface area contributed by atoms with Crippen LogP contribution in [0.25, 0.3) is 0 Å². The molecule has 22 heavy (non-hydrogen) atoms. The molecule has 0 saturated carbocycles. The van der Waals surface area contributed by atoms with Crippen LogP contribution >= 0.6 is 0 Å². The van der Waals surface area contributed by atoms with E-state index < -0.39 is 24.0 Å². The Morgan fingerprint density at radius 2 is 2.09 bits per heavy atom. The number of carbonyl (C=O) groups excluding carboxylic acids is 1. The van der Waals surface area contributed by atoms with Gasteiger partial charge in [0.25, 0.3) is 5.90 Å². The van der Waals surface area contributed by atoms with Gasteiger partial charge in [0.05, 0.1) is 6.04 Å². The van der Waals surface area contributed by atoms with Gasteiger partial charge in [-0.25, -0.2) is 0 Å². The maximum Gasteiger partial charge on any atom is 0.468 e. The van der Waals surface area contributed by atoms with Gasteiger partial charge in [-0.1, -0.05) is 0 Å². The first kappa shape index (κ1) is 17.7. The quantitative estimate of drug-likeness (QED) is 0.410. The number of ether oxygens (including phenoxy) is 1. The van der Waals surface area contributed by atoms with Crippen molar-refractivity contribution < 1.29 is 22.7 Å². The summed E-state index contributed by atoms with van der Waals surface area (Å²) in [6.45, 7) is 1.95. The summed E-state index contributed by atoms with van der Waals surface area (Å²) in [4.78, 5) is 16.0. The van der Waals surface area contributed by atoms with Gasteiger partial charge in [0.2, 0.25) is 12.3 Å². The largest absolute Gasteiger partial charge is 0.468 e. The summed E-state index contributed by atoms with van der Waals surface area (Å²) in [6, 6.07) is -0.465. The van der Waals surface area contributed by atoms with E-state index in [2.05, 4.69) is 9.73 Å². The number of nitrogens with one attached hydrogen (secondary N) is 2. The summed E-state index contributed by atoms with van der Waals surface area (Å²) in [5.41, 5.74) is 6.29. The summed E-state index contributed by atoms with van der Waals surface area (Å²) in [6.07, 6.45) is -4.13. The third-order valence-electron chi connectivity index (χ3n) is 3.24. The van der Waals surface area contributed by atoms with Crippen molar-refractivity contribution in [2.45, 2.75) is 25.6 Å². The highest BCUT2D eigenvalue weighted by Gasteiger charge is 2.39. The van der Waals surface area contributed by atoms with Gasteiger partial charge >= 0.3 is 6.18 Å². The Balaban J connectivity index is 3.03. The average molecular weight is 319 g/mol. The van der Waals surface area contributed by atoms with Crippen LogP contribution in [0.3, 0.4) is 0 Å². The third kappa shape index (κ3) is 3.62. The highest BCUT2D eigenvalue weighted by atomic mass is 19.4. The Morgan fingerprint density at radius 3 is 2.55 bits per heavy atom. The van der Waals surface area contributed by atoms with Gasteiger partial charge in [-0.3, -0.25) is 20.6 Å². The minimum atomic E-state index is -4.99. The normalized spacial score (nSPS) is 20.0. The smallest absolute Gasteiger partial charge is 0.415 e. The lowest BCUT2D eigenvalue weighted by atomic mass is 9.96. The minimum Gasteiger partial charge on any atom is -0.415 e. The van der Waals surface area contributed by atoms with E-state index in [4.69, 9.17) is 16.6 Å². The second-order valence-corrected chi connectivity index (χ2v) is 4.53. The zero-order valence-electron chi connectivity index (χ0n) is 12.0. The van der Waals surface area contributed by atoms with Gasteiger partial charge in [-0.05, 0) is 13.3 Å². The molecule has 10 heteroatoms. The Hall–Kier alpha value is -2.39. The summed E-state index contributed by atoms with van der Waals surface area (Å²) < 4.78 is 41.1. The molecular formula is C12H16F3N5O2. The predicted octanol–water partition coefficient (Wildman–Crippen LogP) is 1.05. The number of alkyl halides is 3. The molecule has 0 aromatic carbocycles. The highest BCUT2D eigenvalue weighted by molar-refractivity contribution is 6.45. The van der Waals surface area contributed by atoms with Crippen molar-refractivity contribution in [2.75, 3.05) is 13.6 Å². The maximum atomic E-state index is 12.3. The maximum absolute atomic E-state index is 12.3. The number of nitrogens with two attached hydrogens (primary N) is 1. The molecule has 1 aliphatic heterocycles. The van der Waals surface area contributed by atoms with Crippen molar-refractivity contribution in [1.29, 1.82) is 10.8 Å². The third-order valence-corrected chi connectivity index (χ3v) is 3.24. The number of rotatable bonds is 3. The summed E-state index contributed by atoms with van der Waals surface area (Å²) in [5, 5.41) is 14.3. The minimum absolute atomic E-state index is 0.163. The number of amides is 1. The molecule has 0 aromatic heterocycles. The first-order valence-electron chi connectivity index (χ1n) is 6.22. The van der Waals surface area contributed by atoms with E-state index in [-0.39, 0.29) is 17.8 Å². The van der Waals surface area contributed by atoms with E-state index in [1.165, 1.54) is 11.9 Å². The van der Waals surface area contributed by atoms with Crippen molar-refractivity contribution >= 4 is 23.9 Å². The molecule has 0 aliphatic carbocycles. The Bertz CT molecular complexity index is 553. The van der Waals surface area contributed by atoms with Crippen LogP contribution in [0.15, 0.2) is 16.3 Å². The summed E-state index contributed by atoms with van der Waals surface area (Å²) in [7, 11) is 1.28. The Morgan fingerprint density at radius 1 is 1.50 bits per heavy atom. The molecule has 7 nitrogen and oxygen atoms in total. The van der Waals surface area contributed by atoms with Crippen molar-refractivity contribution in [1.82, 2.24) is 4.90 Å². The molecular weight excluding hydrogens is 303 g/mol. The van der Waals surface area contributed by atoms with Gasteiger partial charge in [-0.2, -0.15) is 13.2 Å². The van der Waals surface area contributed by atoms with Crippen LogP contribution in [0.2, 0.25) is 0 Å². The number of hydrogen-bond donors (Lipinski definition) is 3. The fourth-order valence-corrected chi connectivity index (χ4v) is 1.99. The van der Waals surface area contributed by atoms with Crippen LogP contribution in [0.1, 0.15) is 13.3 Å². The fraction of sp³-hybridized carbons (Fsp3) is 0.500. The van der Waals surface area contributed by atoms with Crippen molar-refractivity contribution in [3.8, 4) is 0 Å². The summed E-state index contributed by atoms with van der Waals surface area (Å²) >= 11 is 0. The van der Waals surface area contributed by atoms with E-state index >= 15 is 0 Å². The molecule has 1 heterocycles. The molecule has 1 aliphatic rings. The molecule has 0 bridgehead atoms. The Labute approximate surface area is 124 Å². The molecule has 0 spiro atoms. The zero-order valence-corrected chi connectivity index (χ0v) is 12.0. The molecule has 4 N–H and O–H groups in total. The molecule has 0 aromatic rings. The predicted molar refractivity (Wildman–Crippen MR) is 74.0 cm³/mol. The second-order valence-electron chi connectivity index (χ2n) is 4.53. The SMILES string of the molecule is CN=C(C(=N)OC(=N)C(F)(F)F)C1=C(N)C(C)N(C=O)CC1. The number of nitrogens with zero attached hydrogens (tertiary/aromatic N) is 2. The lowest BCUT2D eigenvalue weighted by Gasteiger charge is -2.32. The number of aliphatic imine (C=N–C) groups is 1. The van der Waals surface area contributed by atoms with Gasteiger partial charge in [-0.15, -0.1) is 0 Å². The molecule has 122 valence electrons. The van der Waals surface area contributed by atoms with Crippen molar-refractivity contribution in [3.05, 3.63) is 11.3 Å². The molecule has 0 saturated heterocycles. The molecule has 0 radical (unpaired) electrons. The van der Waals surface area contributed by atoms with Crippen molar-refractivity contribution in [2.24, 2.45) is 10.7 Å². The van der Waals surface area contributed by atoms with Crippen LogP contribution in [0.4, 0.5) is 13.2 Å². The van der Waals surface area contributed by atoms with E-state index in [0.29, 0.717) is 18.5 Å². The van der Waals surface area contributed by atoms with Crippen LogP contribution in [-0.4, -0.2) is 54.6 Å². The summed E-state index contributed by atoms with van der Waals surface area (Å²) in [5.74, 6) is -2.91. The molecule has 1 amide bonds. The van der Waals surface area contributed by atoms with E-state index in [0.717, 1.165) is 0 Å². The fourth-order valence-electron chi connectivity index (χ4n) is 1.99. The molecule has 1 atom stereocenters. The van der Waals surface area contributed by atoms with Crippen LogP contribution in [0, 0.1) is 10.8 Å². The first-order chi connectivity index (χ1) is 10.1. The topological polar surface area (TPSA) is 116 Å². The lowest BCUT2D eigenvalue weighted by molar-refractivity contribution is -0.119. The van der Waals surface area contributed by atoms with E-state index in [1.807, 2.05) is 0 Å². The molecule has 0 fully saturated rings. The van der Waals surface area contributed by atoms with E-state index in [1.54, 1.807) is 6.92 Å². The number of carbonyl (C=O) groups is 1. The van der Waals surface area contributed by atoms with Gasteiger partial charge in [0, 0.05) is 24.9 Å². The highest BCUT2D eigenvalue weighted by Crippen LogP contribution is 2.22. The molecule has 1 rings (SSSR count). The average Bonchev–Trinajstić information content (AvgIpc) is 2.43. The van der Waals surface area contributed by atoms with Gasteiger partial charge < -0.3 is 15.4 Å². The van der Waals surface area contributed by atoms with Gasteiger partial charge in [0.1, 0.15) is 5.71 Å². The van der Waals surface area contributed by atoms with Crippen LogP contribution in [-0.2, 0) is 9.53 Å². The Kier molecular flexibility index (Phi) is 5.28. The van der Waals surface area contributed by atoms with Crippen molar-refractivity contribution in [3.63, 3.8) is 0 Å². The first-order valence-corrected chi connectivity index (χ1v) is 6.22. The molecule has 1 unspecified atom stereocenters. The lowest BCUT2D eigenvalue weighted by Crippen LogP contribution is -2.43. The van der Waals surface area contributed by atoms with E-state index in [9.17, 15) is 18.0 Å². The standard InChI is InChI=1S/C12H16F3N5O2/c1-6-8(16)7(3-4-20(6)5-21)9(19-2)10(17)22-11(18)12(13,14)15/h5-6,17-18H,3-4,16H2,1-2H3. The van der Waals surface area contributed by atoms with Crippen LogP contribution in [0.5, 0.6) is 0 Å². The zero-order chi connectivity index (χ0) is 17.1. The monoisotopic (exact) mass is 319 g/mol. The van der Waals surface area contributed by atoms with Gasteiger partial charge in [0.15, 0.2) is 0 Å². The number of halogens is 3. The second kappa shape index (κ2) is 6.58. The van der Waals surface area contributed by atoms with Crippen LogP contribution < -0.4 is 5.73 Å².